The predicted octanol–water partition coefficient (Wildman–Crippen LogP) is 10.9. The van der Waals surface area contributed by atoms with Crippen molar-refractivity contribution in [2.75, 3.05) is 52.2 Å². The van der Waals surface area contributed by atoms with E-state index in [1.54, 1.807) is 14.2 Å². The van der Waals surface area contributed by atoms with Crippen molar-refractivity contribution in [3.05, 3.63) is 152 Å². The van der Waals surface area contributed by atoms with Gasteiger partial charge in [-0.25, -0.2) is 4.79 Å². The third-order valence-electron chi connectivity index (χ3n) is 9.20. The fourth-order valence-corrected chi connectivity index (χ4v) is 9.54. The number of rotatable bonds is 10. The van der Waals surface area contributed by atoms with Crippen molar-refractivity contribution in [3.8, 4) is 11.5 Å². The second-order valence-corrected chi connectivity index (χ2v) is 18.5. The van der Waals surface area contributed by atoms with Gasteiger partial charge in [0.25, 0.3) is 0 Å². The lowest BCUT2D eigenvalue weighted by atomic mass is 9.80. The Morgan fingerprint density at radius 2 is 1.02 bits per heavy atom. The second-order valence-electron chi connectivity index (χ2n) is 13.0. The van der Waals surface area contributed by atoms with E-state index in [4.69, 9.17) is 14.2 Å². The second kappa shape index (κ2) is 15.4. The lowest BCUT2D eigenvalue weighted by molar-refractivity contribution is -0.140. The number of benzene rings is 4. The minimum atomic E-state index is -1.36. The first-order valence-electron chi connectivity index (χ1n) is 16.5. The molecule has 52 heavy (non-hydrogen) atoms. The van der Waals surface area contributed by atoms with Gasteiger partial charge in [-0.1, -0.05) is 112 Å². The molecule has 0 aromatic heterocycles. The largest absolute Gasteiger partial charge is 0.497 e. The molecule has 0 atom stereocenters. The van der Waals surface area contributed by atoms with E-state index in [1.807, 2.05) is 76.7 Å². The fourth-order valence-electron chi connectivity index (χ4n) is 6.40. The van der Waals surface area contributed by atoms with Crippen LogP contribution in [0.3, 0.4) is 0 Å². The smallest absolute Gasteiger partial charge is 0.341 e. The van der Waals surface area contributed by atoms with Crippen LogP contribution < -0.4 is 19.3 Å². The molecule has 0 N–H and O–H groups in total. The number of hydrogen-bond donors (Lipinski definition) is 0. The molecule has 0 radical (unpaired) electrons. The van der Waals surface area contributed by atoms with Crippen molar-refractivity contribution in [3.63, 3.8) is 0 Å². The van der Waals surface area contributed by atoms with Crippen LogP contribution in [0.4, 0.5) is 11.4 Å². The monoisotopic (exact) mass is 950 g/mol. The van der Waals surface area contributed by atoms with Crippen molar-refractivity contribution in [1.29, 1.82) is 0 Å². The average Bonchev–Trinajstić information content (AvgIpc) is 3.43. The van der Waals surface area contributed by atoms with Crippen LogP contribution in [0.1, 0.15) is 28.7 Å². The van der Waals surface area contributed by atoms with Gasteiger partial charge in [-0.2, -0.15) is 0 Å². The molecule has 0 amide bonds. The number of halogens is 4. The van der Waals surface area contributed by atoms with Gasteiger partial charge >= 0.3 is 5.97 Å². The van der Waals surface area contributed by atoms with Crippen LogP contribution in [0.5, 0.6) is 11.5 Å². The van der Waals surface area contributed by atoms with Gasteiger partial charge in [0.1, 0.15) is 14.7 Å². The number of allylic oxidation sites excluding steroid dienone is 2. The Kier molecular flexibility index (Phi) is 11.3. The molecule has 0 spiro atoms. The van der Waals surface area contributed by atoms with Gasteiger partial charge in [0.2, 0.25) is 0 Å². The van der Waals surface area contributed by atoms with Gasteiger partial charge < -0.3 is 24.0 Å². The zero-order valence-corrected chi connectivity index (χ0v) is 36.0. The van der Waals surface area contributed by atoms with E-state index in [0.29, 0.717) is 16.5 Å². The number of esters is 1. The lowest BCUT2D eigenvalue weighted by Gasteiger charge is -2.32. The van der Waals surface area contributed by atoms with Crippen molar-refractivity contribution in [2.45, 2.75) is 15.3 Å². The van der Waals surface area contributed by atoms with Gasteiger partial charge in [0, 0.05) is 60.5 Å². The van der Waals surface area contributed by atoms with Crippen LogP contribution in [-0.2, 0) is 9.53 Å². The van der Waals surface area contributed by atoms with Crippen LogP contribution >= 0.6 is 63.7 Å². The maximum Gasteiger partial charge on any atom is 0.341 e. The molecule has 268 valence electrons. The summed E-state index contributed by atoms with van der Waals surface area (Å²) in [6, 6.07) is 32.6. The standard InChI is InChI=1S/C42H38Br4N2O4/c1-47(2)30-15-7-26(8-16-30)34(28-11-19-32(50-5)20-12-28)23-41(38-36(43)25-42(45,46)39(44)37(38)40(49)52-41)24-35(29-13-21-33(51-6)22-14-29)27-9-17-31(18-10-27)48(3)4/h7-24H,25H2,1-6H3. The van der Waals surface area contributed by atoms with Crippen LogP contribution in [0.15, 0.2) is 129 Å². The third-order valence-corrected chi connectivity index (χ3v) is 13.4. The van der Waals surface area contributed by atoms with Crippen molar-refractivity contribution in [1.82, 2.24) is 0 Å². The van der Waals surface area contributed by atoms with E-state index in [0.717, 1.165) is 66.3 Å². The molecule has 4 aromatic rings. The Hall–Kier alpha value is -3.57. The van der Waals surface area contributed by atoms with Crippen molar-refractivity contribution < 1.29 is 19.0 Å². The number of cyclic esters (lactones) is 1. The maximum absolute atomic E-state index is 14.3. The summed E-state index contributed by atoms with van der Waals surface area (Å²) in [5.41, 5.74) is 7.51. The number of nitrogens with zero attached hydrogens (tertiary/aromatic N) is 2. The molecule has 0 saturated carbocycles. The number of anilines is 2. The van der Waals surface area contributed by atoms with Crippen LogP contribution in [-0.4, -0.2) is 57.2 Å². The SMILES string of the molecule is COc1ccc(C(=CC2(C=C(c3ccc(OC)cc3)c3ccc(N(C)C)cc3)OC(=O)C3=C(Br)C(Br)(Br)CC(Br)=C32)c2ccc(N(C)C)cc2)cc1. The molecule has 1 aliphatic heterocycles. The first-order chi connectivity index (χ1) is 24.8. The molecule has 6 rings (SSSR count). The predicted molar refractivity (Wildman–Crippen MR) is 228 cm³/mol. The Bertz CT molecular complexity index is 1980. The fraction of sp³-hybridized carbons (Fsp3) is 0.214. The molecule has 4 aromatic carbocycles. The zero-order valence-electron chi connectivity index (χ0n) is 29.6. The molecule has 1 aliphatic carbocycles. The molecular weight excluding hydrogens is 916 g/mol. The van der Waals surface area contributed by atoms with E-state index >= 15 is 0 Å². The number of fused-ring (bicyclic) bond motifs is 1. The lowest BCUT2D eigenvalue weighted by Crippen LogP contribution is -2.29. The number of methoxy groups -OCH3 is 2. The highest BCUT2D eigenvalue weighted by Crippen LogP contribution is 2.58. The summed E-state index contributed by atoms with van der Waals surface area (Å²) in [6.45, 7) is 0. The molecule has 6 nitrogen and oxygen atoms in total. The van der Waals surface area contributed by atoms with Gasteiger partial charge in [-0.05, 0) is 94.1 Å². The van der Waals surface area contributed by atoms with E-state index in [2.05, 4.69) is 134 Å². The van der Waals surface area contributed by atoms with Crippen LogP contribution in [0.25, 0.3) is 11.1 Å². The highest BCUT2D eigenvalue weighted by atomic mass is 79.9. The van der Waals surface area contributed by atoms with E-state index < -0.39 is 14.8 Å². The number of hydrogen-bond acceptors (Lipinski definition) is 6. The van der Waals surface area contributed by atoms with Gasteiger partial charge in [0.05, 0.1) is 19.8 Å². The normalized spacial score (nSPS) is 18.6. The Labute approximate surface area is 339 Å². The number of ether oxygens (including phenoxy) is 3. The summed E-state index contributed by atoms with van der Waals surface area (Å²) < 4.78 is 18.6. The molecule has 0 unspecified atom stereocenters. The molecule has 1 fully saturated rings. The van der Waals surface area contributed by atoms with Gasteiger partial charge in [-0.15, -0.1) is 0 Å². The van der Waals surface area contributed by atoms with Crippen LogP contribution in [0.2, 0.25) is 0 Å². The average molecular weight is 954 g/mol. The summed E-state index contributed by atoms with van der Waals surface area (Å²) in [6.07, 6.45) is 4.67. The first kappa shape index (κ1) is 38.2. The molecule has 0 bridgehead atoms. The summed E-state index contributed by atoms with van der Waals surface area (Å²) in [5, 5.41) is 0. The minimum Gasteiger partial charge on any atom is -0.497 e. The number of alkyl halides is 2. The summed E-state index contributed by atoms with van der Waals surface area (Å²) in [4.78, 5) is 18.4. The Balaban J connectivity index is 1.71. The van der Waals surface area contributed by atoms with Gasteiger partial charge in [0.15, 0.2) is 5.60 Å². The zero-order chi connectivity index (χ0) is 37.4. The van der Waals surface area contributed by atoms with E-state index in [1.165, 1.54) is 0 Å². The number of carbonyl (C=O) groups excluding carboxylic acids is 1. The summed E-state index contributed by atoms with van der Waals surface area (Å²) in [5.74, 6) is 1.05. The Morgan fingerprint density at radius 3 is 1.37 bits per heavy atom. The van der Waals surface area contributed by atoms with E-state index in [9.17, 15) is 4.79 Å². The first-order valence-corrected chi connectivity index (χ1v) is 19.6. The molecular formula is C42H38Br4N2O4. The quantitative estimate of drug-likeness (QED) is 0.117. The molecule has 1 heterocycles. The third kappa shape index (κ3) is 7.58. The Morgan fingerprint density at radius 1 is 0.654 bits per heavy atom. The molecule has 2 aliphatic rings. The number of carbonyl (C=O) groups is 1. The van der Waals surface area contributed by atoms with Crippen molar-refractivity contribution in [2.24, 2.45) is 0 Å². The van der Waals surface area contributed by atoms with Crippen molar-refractivity contribution >= 4 is 92.2 Å². The molecule has 1 saturated heterocycles. The summed E-state index contributed by atoms with van der Waals surface area (Å²) in [7, 11) is 11.4. The topological polar surface area (TPSA) is 51.2 Å². The van der Waals surface area contributed by atoms with Gasteiger partial charge in [-0.3, -0.25) is 0 Å². The summed E-state index contributed by atoms with van der Waals surface area (Å²) >= 11 is 15.3. The highest BCUT2D eigenvalue weighted by molar-refractivity contribution is 9.26. The maximum atomic E-state index is 14.3. The molecule has 10 heteroatoms. The highest BCUT2D eigenvalue weighted by Gasteiger charge is 2.53. The van der Waals surface area contributed by atoms with E-state index in [-0.39, 0.29) is 0 Å². The van der Waals surface area contributed by atoms with Crippen LogP contribution in [0, 0.1) is 0 Å². The minimum absolute atomic E-state index is 0.441.